The molecule has 0 unspecified atom stereocenters. The van der Waals surface area contributed by atoms with E-state index in [4.69, 9.17) is 52.1 Å². The second-order valence-corrected chi connectivity index (χ2v) is 22.0. The molecule has 0 spiro atoms. The molecule has 31 atom stereocenters. The molecule has 0 aromatic carbocycles. The second-order valence-electron chi connectivity index (χ2n) is 20.9. The average Bonchev–Trinajstić information content (AvgIpc) is 1.56. The number of aliphatic hydroxyl groups excluding tert-OH is 16. The molecule has 0 saturated carbocycles. The van der Waals surface area contributed by atoms with Gasteiger partial charge in [-0.2, -0.15) is 8.42 Å². The SMILES string of the molecule is CC(=O)N[C@@H]1[C@@H](O[C@@H]2O[C@H](CO)[C@H](O)[C@H](O[C@]3(C(=O)O)C[C@H](O)[C@@H](NC(C)=O)[C@H]([C@H](O)[C@H](O)CO)O3)[C@H]2O)[C@@H](O)[C@@H](CO[C@@H]2O[C@H](CO)[C@@H](O[C@@H]3O[C@H](CO)[C@H](O)[C@H](OS(=O)(=O)O)[C@H]3O)[C@H](O[C@@H]3O[C@@H](C)[C@@H](O)[C@@H](O)[C@@H]3O)[C@H]2NC(C)=O)O[C@H]1O. The van der Waals surface area contributed by atoms with E-state index in [9.17, 15) is 119 Å². The van der Waals surface area contributed by atoms with Gasteiger partial charge in [0, 0.05) is 27.2 Å². The fraction of sp³-hybridized carbons (Fsp3) is 0.911. The molecule has 6 saturated heterocycles. The highest BCUT2D eigenvalue weighted by atomic mass is 32.3. The molecule has 0 aliphatic carbocycles. The number of carbonyl (C=O) groups is 4. The predicted molar refractivity (Wildman–Crippen MR) is 260 cm³/mol. The Morgan fingerprint density at radius 1 is 0.565 bits per heavy atom. The van der Waals surface area contributed by atoms with E-state index in [0.29, 0.717) is 0 Å². The number of hydrogen-bond donors (Lipinski definition) is 21. The van der Waals surface area contributed by atoms with Crippen LogP contribution in [0.4, 0.5) is 0 Å². The zero-order valence-electron chi connectivity index (χ0n) is 45.4. The Morgan fingerprint density at radius 3 is 1.58 bits per heavy atom. The number of hydrogen-bond acceptors (Lipinski definition) is 34. The highest BCUT2D eigenvalue weighted by Crippen LogP contribution is 2.40. The molecule has 6 aliphatic heterocycles. The molecule has 492 valence electrons. The lowest BCUT2D eigenvalue weighted by molar-refractivity contribution is -0.383. The van der Waals surface area contributed by atoms with Crippen molar-refractivity contribution in [3.8, 4) is 0 Å². The minimum Gasteiger partial charge on any atom is -0.477 e. The molecule has 0 aromatic rings. The van der Waals surface area contributed by atoms with Crippen LogP contribution < -0.4 is 16.0 Å². The first-order valence-corrected chi connectivity index (χ1v) is 27.6. The van der Waals surface area contributed by atoms with Crippen molar-refractivity contribution in [2.45, 2.75) is 224 Å². The van der Waals surface area contributed by atoms with E-state index in [0.717, 1.165) is 20.8 Å². The number of aliphatic carboxylic acids is 1. The van der Waals surface area contributed by atoms with Gasteiger partial charge in [-0.05, 0) is 6.92 Å². The Morgan fingerprint density at radius 2 is 1.05 bits per heavy atom. The predicted octanol–water partition coefficient (Wildman–Crippen LogP) is -13.6. The summed E-state index contributed by atoms with van der Waals surface area (Å²) in [5.41, 5.74) is 0. The zero-order chi connectivity index (χ0) is 63.5. The number of aliphatic hydroxyl groups is 16. The van der Waals surface area contributed by atoms with E-state index in [1.165, 1.54) is 6.92 Å². The van der Waals surface area contributed by atoms with Gasteiger partial charge in [0.2, 0.25) is 17.7 Å². The first kappa shape index (κ1) is 70.8. The quantitative estimate of drug-likeness (QED) is 0.0422. The summed E-state index contributed by atoms with van der Waals surface area (Å²) in [6.07, 6.45) is -57.5. The summed E-state index contributed by atoms with van der Waals surface area (Å²) in [7, 11) is -5.47. The number of carboxylic acid groups (broad SMARTS) is 1. The summed E-state index contributed by atoms with van der Waals surface area (Å²) in [6, 6.07) is -5.43. The Hall–Kier alpha value is -3.33. The molecular weight excluding hydrogens is 1190 g/mol. The van der Waals surface area contributed by atoms with Crippen molar-refractivity contribution in [1.29, 1.82) is 0 Å². The maximum absolute atomic E-state index is 13.1. The largest absolute Gasteiger partial charge is 0.477 e. The normalized spacial score (nSPS) is 45.2. The first-order chi connectivity index (χ1) is 39.7. The van der Waals surface area contributed by atoms with Crippen LogP contribution in [0.25, 0.3) is 0 Å². The van der Waals surface area contributed by atoms with Gasteiger partial charge >= 0.3 is 16.4 Å². The topological polar surface area (TPSA) is 613 Å². The van der Waals surface area contributed by atoms with Gasteiger partial charge in [-0.1, -0.05) is 0 Å². The maximum atomic E-state index is 13.1. The monoisotopic (exact) mass is 1270 g/mol. The summed E-state index contributed by atoms with van der Waals surface area (Å²) < 4.78 is 101. The molecule has 6 aliphatic rings. The van der Waals surface area contributed by atoms with Gasteiger partial charge in [-0.15, -0.1) is 0 Å². The number of ether oxygens (including phenoxy) is 11. The van der Waals surface area contributed by atoms with E-state index in [2.05, 4.69) is 20.1 Å². The van der Waals surface area contributed by atoms with E-state index < -0.39 is 263 Å². The number of nitrogens with one attached hydrogen (secondary N) is 3. The molecule has 6 fully saturated rings. The Bertz CT molecular complexity index is 2340. The standard InChI is InChI=1S/C45H75N3O36S/c1-11-24(58)29(63)30(64)41(74-11)81-36-23(48-14(4)55)40(78-19(9-52)33(36)79-43-32(66)38(84-85(70,71)72)27(61)18(8-51)77-43)73-10-20-28(62)34(22(39(67)75-20)47-13(3)54)80-42-31(65)37(26(60)17(7-50)76-42)83-45(44(68)69)5-15(56)21(46-12(2)53)35(82-45)25(59)16(57)6-49/h11,15-43,49-52,56-67H,5-10H2,1-4H3,(H,46,53)(H,47,54)(H,48,55)(H,68,69)(H,70,71,72)/t11-,15-,16+,17+,18+,19+,20+,21+,22+,23+,24+,25+,26-,27-,28-,29+,30-,31+,32+,33+,34+,35+,36+,37-,38-,39+,40+,41-,42-,43-,45-/m0/s1. The highest BCUT2D eigenvalue weighted by Gasteiger charge is 2.61. The summed E-state index contributed by atoms with van der Waals surface area (Å²) >= 11 is 0. The van der Waals surface area contributed by atoms with Gasteiger partial charge in [0.15, 0.2) is 31.5 Å². The van der Waals surface area contributed by atoms with Gasteiger partial charge in [0.1, 0.15) is 134 Å². The van der Waals surface area contributed by atoms with Crippen molar-refractivity contribution in [2.75, 3.05) is 33.0 Å². The van der Waals surface area contributed by atoms with E-state index in [1.807, 2.05) is 0 Å². The van der Waals surface area contributed by atoms with E-state index in [-0.39, 0.29) is 0 Å². The molecule has 3 amide bonds. The van der Waals surface area contributed by atoms with E-state index in [1.54, 1.807) is 0 Å². The van der Waals surface area contributed by atoms with Crippen LogP contribution in [0.3, 0.4) is 0 Å². The molecule has 6 rings (SSSR count). The van der Waals surface area contributed by atoms with Crippen LogP contribution in [0.2, 0.25) is 0 Å². The third kappa shape index (κ3) is 16.2. The fourth-order valence-corrected chi connectivity index (χ4v) is 11.0. The number of carbonyl (C=O) groups excluding carboxylic acids is 3. The van der Waals surface area contributed by atoms with Crippen molar-refractivity contribution in [3.63, 3.8) is 0 Å². The van der Waals surface area contributed by atoms with Gasteiger partial charge in [-0.3, -0.25) is 18.9 Å². The lowest BCUT2D eigenvalue weighted by Crippen LogP contribution is -2.71. The lowest BCUT2D eigenvalue weighted by atomic mass is 9.88. The van der Waals surface area contributed by atoms with Crippen molar-refractivity contribution >= 4 is 34.1 Å². The summed E-state index contributed by atoms with van der Waals surface area (Å²) in [5, 5.41) is 191. The molecular formula is C45H75N3O36S. The Balaban J connectivity index is 1.31. The first-order valence-electron chi connectivity index (χ1n) is 26.2. The third-order valence-corrected chi connectivity index (χ3v) is 15.2. The Labute approximate surface area is 481 Å². The summed E-state index contributed by atoms with van der Waals surface area (Å²) in [6.45, 7) is -1.52. The van der Waals surface area contributed by atoms with Crippen molar-refractivity contribution in [2.24, 2.45) is 0 Å². The number of rotatable bonds is 23. The van der Waals surface area contributed by atoms with Gasteiger partial charge in [-0.25, -0.2) is 8.98 Å². The summed E-state index contributed by atoms with van der Waals surface area (Å²) in [4.78, 5) is 50.8. The smallest absolute Gasteiger partial charge is 0.397 e. The van der Waals surface area contributed by atoms with Gasteiger partial charge in [0.05, 0.1) is 51.3 Å². The number of amides is 3. The third-order valence-electron chi connectivity index (χ3n) is 14.8. The van der Waals surface area contributed by atoms with Crippen molar-refractivity contribution in [3.05, 3.63) is 0 Å². The highest BCUT2D eigenvalue weighted by molar-refractivity contribution is 7.80. The minimum atomic E-state index is -5.47. The average molecular weight is 1270 g/mol. The number of carboxylic acids is 1. The molecule has 85 heavy (non-hydrogen) atoms. The molecule has 0 aromatic heterocycles. The van der Waals surface area contributed by atoms with E-state index >= 15 is 0 Å². The molecule has 0 radical (unpaired) electrons. The molecule has 6 heterocycles. The second kappa shape index (κ2) is 29.5. The minimum absolute atomic E-state index is 0.846. The van der Waals surface area contributed by atoms with Crippen LogP contribution in [0.15, 0.2) is 0 Å². The van der Waals surface area contributed by atoms with Crippen LogP contribution in [-0.2, 0) is 85.9 Å². The van der Waals surface area contributed by atoms with Crippen molar-refractivity contribution in [1.82, 2.24) is 16.0 Å². The van der Waals surface area contributed by atoms with Crippen molar-refractivity contribution < 1.29 is 175 Å². The van der Waals surface area contributed by atoms with Crippen LogP contribution in [0, 0.1) is 0 Å². The van der Waals surface area contributed by atoms with Gasteiger partial charge in [0.25, 0.3) is 5.79 Å². The van der Waals surface area contributed by atoms with Crippen LogP contribution in [0.5, 0.6) is 0 Å². The molecule has 0 bridgehead atoms. The Kier molecular flexibility index (Phi) is 24.6. The fourth-order valence-electron chi connectivity index (χ4n) is 10.5. The van der Waals surface area contributed by atoms with Crippen LogP contribution >= 0.6 is 0 Å². The van der Waals surface area contributed by atoms with Crippen LogP contribution in [-0.4, -0.2) is 346 Å². The van der Waals surface area contributed by atoms with Crippen LogP contribution in [0.1, 0.15) is 34.1 Å². The summed E-state index contributed by atoms with van der Waals surface area (Å²) in [5.74, 6) is -8.05. The molecule has 39 nitrogen and oxygen atoms in total. The molecule has 40 heteroatoms. The van der Waals surface area contributed by atoms with Gasteiger partial charge < -0.3 is 155 Å². The maximum Gasteiger partial charge on any atom is 0.397 e. The zero-order valence-corrected chi connectivity index (χ0v) is 46.2. The molecule has 21 N–H and O–H groups in total. The lowest BCUT2D eigenvalue weighted by Gasteiger charge is -2.51.